The molecule has 6 heteroatoms. The smallest absolute Gasteiger partial charge is 0.310 e. The van der Waals surface area contributed by atoms with Crippen molar-refractivity contribution in [1.29, 1.82) is 0 Å². The molecule has 0 bridgehead atoms. The zero-order valence-electron chi connectivity index (χ0n) is 14.9. The number of fused-ring (bicyclic) bond motifs is 1. The van der Waals surface area contributed by atoms with Gasteiger partial charge in [0.15, 0.2) is 0 Å². The third kappa shape index (κ3) is 3.10. The number of furan rings is 1. The molecule has 4 aromatic rings. The zero-order valence-corrected chi connectivity index (χ0v) is 15.7. The highest BCUT2D eigenvalue weighted by atomic mass is 35.5. The first-order chi connectivity index (χ1) is 13.5. The van der Waals surface area contributed by atoms with E-state index >= 15 is 0 Å². The molecule has 4 rings (SSSR count). The van der Waals surface area contributed by atoms with Crippen molar-refractivity contribution in [2.75, 3.05) is 0 Å². The van der Waals surface area contributed by atoms with E-state index < -0.39 is 11.9 Å². The van der Waals surface area contributed by atoms with E-state index in [9.17, 15) is 14.7 Å². The van der Waals surface area contributed by atoms with Crippen molar-refractivity contribution in [1.82, 2.24) is 4.98 Å². The van der Waals surface area contributed by atoms with E-state index in [1.54, 1.807) is 55.7 Å². The maximum absolute atomic E-state index is 13.3. The second kappa shape index (κ2) is 7.02. The molecule has 2 heterocycles. The number of carbonyl (C=O) groups excluding carboxylic acids is 1. The summed E-state index contributed by atoms with van der Waals surface area (Å²) >= 11 is 6.07. The monoisotopic (exact) mass is 393 g/mol. The first kappa shape index (κ1) is 18.1. The number of H-pyrrole nitrogens is 1. The van der Waals surface area contributed by atoms with Crippen molar-refractivity contribution in [3.63, 3.8) is 0 Å². The fraction of sp³-hybridized carbons (Fsp3) is 0.0909. The van der Waals surface area contributed by atoms with Crippen LogP contribution in [0.2, 0.25) is 5.02 Å². The fourth-order valence-corrected chi connectivity index (χ4v) is 3.52. The third-order valence-electron chi connectivity index (χ3n) is 4.76. The first-order valence-electron chi connectivity index (χ1n) is 8.68. The number of ketones is 1. The Balaban J connectivity index is 1.87. The molecule has 0 saturated heterocycles. The van der Waals surface area contributed by atoms with Crippen LogP contribution < -0.4 is 0 Å². The number of aliphatic carboxylic acids is 1. The lowest BCUT2D eigenvalue weighted by molar-refractivity contribution is -0.138. The molecule has 0 saturated carbocycles. The number of carboxylic acids is 1. The molecule has 0 amide bonds. The predicted molar refractivity (Wildman–Crippen MR) is 107 cm³/mol. The summed E-state index contributed by atoms with van der Waals surface area (Å²) in [6.45, 7) is 1.57. The van der Waals surface area contributed by atoms with Crippen LogP contribution in [0.4, 0.5) is 0 Å². The van der Waals surface area contributed by atoms with Gasteiger partial charge >= 0.3 is 5.97 Å². The van der Waals surface area contributed by atoms with E-state index in [1.165, 1.54) is 0 Å². The van der Waals surface area contributed by atoms with Crippen LogP contribution in [0.15, 0.2) is 65.3 Å². The summed E-state index contributed by atoms with van der Waals surface area (Å²) in [5.41, 5.74) is 2.53. The van der Waals surface area contributed by atoms with Gasteiger partial charge in [-0.05, 0) is 37.3 Å². The van der Waals surface area contributed by atoms with Gasteiger partial charge in [0.25, 0.3) is 0 Å². The zero-order chi connectivity index (χ0) is 19.8. The van der Waals surface area contributed by atoms with Gasteiger partial charge in [-0.3, -0.25) is 9.59 Å². The number of rotatable bonds is 5. The normalized spacial score (nSPS) is 12.2. The van der Waals surface area contributed by atoms with Crippen molar-refractivity contribution >= 4 is 34.3 Å². The van der Waals surface area contributed by atoms with Crippen LogP contribution in [0.5, 0.6) is 0 Å². The maximum Gasteiger partial charge on any atom is 0.310 e. The number of hydrogen-bond donors (Lipinski definition) is 2. The summed E-state index contributed by atoms with van der Waals surface area (Å²) in [4.78, 5) is 28.0. The highest BCUT2D eigenvalue weighted by molar-refractivity contribution is 6.31. The summed E-state index contributed by atoms with van der Waals surface area (Å²) in [5, 5.41) is 10.7. The predicted octanol–water partition coefficient (Wildman–Crippen LogP) is 5.50. The molecular formula is C22H16ClNO4. The lowest BCUT2D eigenvalue weighted by Gasteiger charge is -2.09. The maximum atomic E-state index is 13.3. The van der Waals surface area contributed by atoms with Gasteiger partial charge < -0.3 is 14.5 Å². The standard InChI is InChI=1S/C22H16ClNO4/c1-12(22(26)27)19-16-8-7-15(23)11-17(16)24-20(19)21(25)14-5-2-4-13(10-14)18-6-3-9-28-18/h2-12,24H,1H3,(H,26,27). The van der Waals surface area contributed by atoms with Gasteiger partial charge in [-0.15, -0.1) is 0 Å². The number of halogens is 1. The Morgan fingerprint density at radius 1 is 1.11 bits per heavy atom. The Labute approximate surface area is 165 Å². The van der Waals surface area contributed by atoms with Crippen molar-refractivity contribution in [3.8, 4) is 11.3 Å². The molecule has 2 N–H and O–H groups in total. The van der Waals surface area contributed by atoms with Crippen LogP contribution in [-0.4, -0.2) is 21.8 Å². The molecule has 28 heavy (non-hydrogen) atoms. The molecule has 140 valence electrons. The Hall–Kier alpha value is -3.31. The number of benzene rings is 2. The minimum atomic E-state index is -1.01. The minimum absolute atomic E-state index is 0.253. The second-order valence-corrected chi connectivity index (χ2v) is 6.99. The van der Waals surface area contributed by atoms with Crippen molar-refractivity contribution in [3.05, 3.63) is 82.7 Å². The molecule has 0 aliphatic heterocycles. The SMILES string of the molecule is CC(C(=O)O)c1c(C(=O)c2cccc(-c3ccco3)c2)[nH]c2cc(Cl)ccc12. The van der Waals surface area contributed by atoms with Gasteiger partial charge in [0.2, 0.25) is 5.78 Å². The average Bonchev–Trinajstić information content (AvgIpc) is 3.34. The number of nitrogens with one attached hydrogen (secondary N) is 1. The van der Waals surface area contributed by atoms with E-state index in [0.29, 0.717) is 32.8 Å². The summed E-state index contributed by atoms with van der Waals surface area (Å²) in [7, 11) is 0. The number of aromatic nitrogens is 1. The van der Waals surface area contributed by atoms with Crippen molar-refractivity contribution in [2.45, 2.75) is 12.8 Å². The lowest BCUT2D eigenvalue weighted by atomic mass is 9.94. The fourth-order valence-electron chi connectivity index (χ4n) is 3.34. The van der Waals surface area contributed by atoms with E-state index in [1.807, 2.05) is 12.1 Å². The summed E-state index contributed by atoms with van der Waals surface area (Å²) in [5.74, 6) is -1.50. The van der Waals surface area contributed by atoms with Crippen LogP contribution in [0.25, 0.3) is 22.2 Å². The van der Waals surface area contributed by atoms with Gasteiger partial charge in [0, 0.05) is 32.6 Å². The van der Waals surface area contributed by atoms with Crippen LogP contribution in [-0.2, 0) is 4.79 Å². The van der Waals surface area contributed by atoms with Gasteiger partial charge in [-0.25, -0.2) is 0 Å². The van der Waals surface area contributed by atoms with Gasteiger partial charge in [-0.2, -0.15) is 0 Å². The highest BCUT2D eigenvalue weighted by Crippen LogP contribution is 2.33. The van der Waals surface area contributed by atoms with E-state index in [0.717, 1.165) is 5.56 Å². The molecule has 0 fully saturated rings. The van der Waals surface area contributed by atoms with Crippen LogP contribution in [0.3, 0.4) is 0 Å². The Kier molecular flexibility index (Phi) is 4.53. The molecule has 1 unspecified atom stereocenters. The van der Waals surface area contributed by atoms with E-state index in [4.69, 9.17) is 16.0 Å². The summed E-state index contributed by atoms with van der Waals surface area (Å²) < 4.78 is 5.40. The van der Waals surface area contributed by atoms with Gasteiger partial charge in [-0.1, -0.05) is 35.9 Å². The molecule has 2 aromatic carbocycles. The number of aromatic amines is 1. The minimum Gasteiger partial charge on any atom is -0.481 e. The molecule has 0 aliphatic rings. The molecule has 0 spiro atoms. The second-order valence-electron chi connectivity index (χ2n) is 6.55. The largest absolute Gasteiger partial charge is 0.481 e. The van der Waals surface area contributed by atoms with Crippen LogP contribution in [0, 0.1) is 0 Å². The highest BCUT2D eigenvalue weighted by Gasteiger charge is 2.27. The Bertz CT molecular complexity index is 1190. The van der Waals surface area contributed by atoms with Crippen LogP contribution >= 0.6 is 11.6 Å². The van der Waals surface area contributed by atoms with Crippen LogP contribution in [0.1, 0.15) is 34.5 Å². The Morgan fingerprint density at radius 2 is 1.93 bits per heavy atom. The molecule has 1 atom stereocenters. The molecule has 5 nitrogen and oxygen atoms in total. The first-order valence-corrected chi connectivity index (χ1v) is 9.06. The molecule has 2 aromatic heterocycles. The van der Waals surface area contributed by atoms with Gasteiger partial charge in [0.1, 0.15) is 5.76 Å². The van der Waals surface area contributed by atoms with Crippen molar-refractivity contribution < 1.29 is 19.1 Å². The summed E-state index contributed by atoms with van der Waals surface area (Å²) in [6, 6.07) is 15.7. The number of carbonyl (C=O) groups is 2. The molecular weight excluding hydrogens is 378 g/mol. The number of hydrogen-bond acceptors (Lipinski definition) is 3. The van der Waals surface area contributed by atoms with E-state index in [-0.39, 0.29) is 11.5 Å². The molecule has 0 radical (unpaired) electrons. The Morgan fingerprint density at radius 3 is 2.64 bits per heavy atom. The quantitative estimate of drug-likeness (QED) is 0.438. The third-order valence-corrected chi connectivity index (χ3v) is 5.00. The van der Waals surface area contributed by atoms with Gasteiger partial charge in [0.05, 0.1) is 17.9 Å². The lowest BCUT2D eigenvalue weighted by Crippen LogP contribution is -2.13. The van der Waals surface area contributed by atoms with E-state index in [2.05, 4.69) is 4.98 Å². The van der Waals surface area contributed by atoms with Crippen molar-refractivity contribution in [2.24, 2.45) is 0 Å². The number of carboxylic acid groups (broad SMARTS) is 1. The average molecular weight is 394 g/mol. The topological polar surface area (TPSA) is 83.3 Å². The summed E-state index contributed by atoms with van der Waals surface area (Å²) in [6.07, 6.45) is 1.57. The molecule has 0 aliphatic carbocycles.